The Labute approximate surface area is 105 Å². The molecule has 1 aromatic heterocycles. The van der Waals surface area contributed by atoms with Crippen molar-refractivity contribution in [2.45, 2.75) is 26.2 Å². The van der Waals surface area contributed by atoms with Crippen LogP contribution >= 0.6 is 0 Å². The van der Waals surface area contributed by atoms with Crippen molar-refractivity contribution in [2.75, 3.05) is 6.54 Å². The molecule has 0 saturated carbocycles. The number of amides is 1. The highest BCUT2D eigenvalue weighted by Gasteiger charge is 2.22. The number of aromatic nitrogens is 2. The Morgan fingerprint density at radius 3 is 2.89 bits per heavy atom. The van der Waals surface area contributed by atoms with E-state index in [-0.39, 0.29) is 5.41 Å². The maximum Gasteiger partial charge on any atom is 0.404 e. The van der Waals surface area contributed by atoms with Crippen LogP contribution < -0.4 is 5.32 Å². The number of hydrogen-bond donors (Lipinski definition) is 3. The highest BCUT2D eigenvalue weighted by atomic mass is 16.4. The number of rotatable bonds is 3. The van der Waals surface area contributed by atoms with Gasteiger partial charge in [0.2, 0.25) is 0 Å². The zero-order valence-electron chi connectivity index (χ0n) is 10.7. The highest BCUT2D eigenvalue weighted by molar-refractivity contribution is 5.76. The van der Waals surface area contributed by atoms with Crippen molar-refractivity contribution < 1.29 is 9.90 Å². The van der Waals surface area contributed by atoms with E-state index < -0.39 is 6.09 Å². The monoisotopic (exact) mass is 247 g/mol. The predicted octanol–water partition coefficient (Wildman–Crippen LogP) is 2.42. The molecule has 2 rings (SSSR count). The van der Waals surface area contributed by atoms with Gasteiger partial charge in [0.15, 0.2) is 0 Å². The lowest BCUT2D eigenvalue weighted by Crippen LogP contribution is -2.35. The third-order valence-corrected chi connectivity index (χ3v) is 3.06. The molecule has 0 atom stereocenters. The number of nitrogens with one attached hydrogen (secondary N) is 2. The fourth-order valence-corrected chi connectivity index (χ4v) is 1.96. The summed E-state index contributed by atoms with van der Waals surface area (Å²) in [4.78, 5) is 18.1. The number of imidazole rings is 1. The number of fused-ring (bicyclic) bond motifs is 1. The van der Waals surface area contributed by atoms with E-state index in [0.29, 0.717) is 6.54 Å². The maximum absolute atomic E-state index is 10.6. The molecule has 0 radical (unpaired) electrons. The maximum atomic E-state index is 10.6. The van der Waals surface area contributed by atoms with Gasteiger partial charge in [0.1, 0.15) is 5.82 Å². The standard InChI is InChI=1S/C13H17N3O2/c1-8-15-10-5-4-9(6-11(10)16-8)13(2,3)7-14-12(17)18/h4-6,14H,7H2,1-3H3,(H,15,16)(H,17,18). The number of aromatic amines is 1. The van der Waals surface area contributed by atoms with Crippen LogP contribution in [0.15, 0.2) is 18.2 Å². The van der Waals surface area contributed by atoms with Crippen LogP contribution in [0.1, 0.15) is 25.2 Å². The molecular weight excluding hydrogens is 230 g/mol. The van der Waals surface area contributed by atoms with Gasteiger partial charge in [-0.05, 0) is 24.6 Å². The largest absolute Gasteiger partial charge is 0.465 e. The predicted molar refractivity (Wildman–Crippen MR) is 69.9 cm³/mol. The van der Waals surface area contributed by atoms with Crippen molar-refractivity contribution >= 4 is 17.1 Å². The van der Waals surface area contributed by atoms with Gasteiger partial charge < -0.3 is 15.4 Å². The SMILES string of the molecule is Cc1nc2ccc(C(C)(C)CNC(=O)O)cc2[nH]1. The van der Waals surface area contributed by atoms with Crippen molar-refractivity contribution in [3.63, 3.8) is 0 Å². The minimum absolute atomic E-state index is 0.258. The molecule has 1 aromatic carbocycles. The summed E-state index contributed by atoms with van der Waals surface area (Å²) in [6.07, 6.45) is -0.999. The van der Waals surface area contributed by atoms with E-state index >= 15 is 0 Å². The second-order valence-corrected chi connectivity index (χ2v) is 5.10. The summed E-state index contributed by atoms with van der Waals surface area (Å²) in [6.45, 7) is 6.30. The van der Waals surface area contributed by atoms with E-state index in [1.165, 1.54) is 0 Å². The van der Waals surface area contributed by atoms with Gasteiger partial charge in [-0.2, -0.15) is 0 Å². The third kappa shape index (κ3) is 2.45. The quantitative estimate of drug-likeness (QED) is 0.779. The summed E-state index contributed by atoms with van der Waals surface area (Å²) in [6, 6.07) is 5.97. The molecule has 0 aliphatic rings. The second-order valence-electron chi connectivity index (χ2n) is 5.10. The average molecular weight is 247 g/mol. The number of carbonyl (C=O) groups is 1. The molecule has 3 N–H and O–H groups in total. The molecule has 0 fully saturated rings. The first-order valence-electron chi connectivity index (χ1n) is 5.82. The lowest BCUT2D eigenvalue weighted by Gasteiger charge is -2.24. The van der Waals surface area contributed by atoms with E-state index in [1.807, 2.05) is 39.0 Å². The van der Waals surface area contributed by atoms with Gasteiger partial charge in [0, 0.05) is 12.0 Å². The van der Waals surface area contributed by atoms with Crippen molar-refractivity contribution in [2.24, 2.45) is 0 Å². The Kier molecular flexibility index (Phi) is 2.98. The molecule has 0 bridgehead atoms. The minimum Gasteiger partial charge on any atom is -0.465 e. The molecule has 18 heavy (non-hydrogen) atoms. The smallest absolute Gasteiger partial charge is 0.404 e. The van der Waals surface area contributed by atoms with Gasteiger partial charge in [0.05, 0.1) is 11.0 Å². The van der Waals surface area contributed by atoms with Crippen LogP contribution in [0.4, 0.5) is 4.79 Å². The normalized spacial score (nSPS) is 11.7. The molecule has 5 nitrogen and oxygen atoms in total. The lowest BCUT2D eigenvalue weighted by molar-refractivity contribution is 0.192. The van der Waals surface area contributed by atoms with Gasteiger partial charge in [-0.3, -0.25) is 0 Å². The number of carboxylic acid groups (broad SMARTS) is 1. The van der Waals surface area contributed by atoms with Crippen LogP contribution in [0, 0.1) is 6.92 Å². The molecule has 0 unspecified atom stereocenters. The summed E-state index contributed by atoms with van der Waals surface area (Å²) < 4.78 is 0. The van der Waals surface area contributed by atoms with Crippen LogP contribution in [-0.2, 0) is 5.41 Å². The van der Waals surface area contributed by atoms with Crippen LogP contribution in [0.25, 0.3) is 11.0 Å². The summed E-state index contributed by atoms with van der Waals surface area (Å²) >= 11 is 0. The Balaban J connectivity index is 2.31. The zero-order valence-corrected chi connectivity index (χ0v) is 10.7. The number of hydrogen-bond acceptors (Lipinski definition) is 2. The number of benzene rings is 1. The molecule has 5 heteroatoms. The first-order chi connectivity index (χ1) is 8.38. The first-order valence-corrected chi connectivity index (χ1v) is 5.82. The van der Waals surface area contributed by atoms with Crippen molar-refractivity contribution in [1.82, 2.24) is 15.3 Å². The Morgan fingerprint density at radius 2 is 2.22 bits per heavy atom. The van der Waals surface area contributed by atoms with Crippen LogP contribution in [-0.4, -0.2) is 27.7 Å². The summed E-state index contributed by atoms with van der Waals surface area (Å²) in [5.74, 6) is 0.878. The van der Waals surface area contributed by atoms with E-state index in [2.05, 4.69) is 15.3 Å². The van der Waals surface area contributed by atoms with Gasteiger partial charge in [-0.15, -0.1) is 0 Å². The molecular formula is C13H17N3O2. The summed E-state index contributed by atoms with van der Waals surface area (Å²) in [5.41, 5.74) is 2.73. The number of aryl methyl sites for hydroxylation is 1. The van der Waals surface area contributed by atoms with Crippen molar-refractivity contribution in [3.05, 3.63) is 29.6 Å². The molecule has 1 heterocycles. The van der Waals surface area contributed by atoms with Gasteiger partial charge >= 0.3 is 6.09 Å². The molecule has 1 amide bonds. The van der Waals surface area contributed by atoms with E-state index in [0.717, 1.165) is 22.4 Å². The average Bonchev–Trinajstić information content (AvgIpc) is 2.65. The van der Waals surface area contributed by atoms with Crippen molar-refractivity contribution in [3.8, 4) is 0 Å². The molecule has 2 aromatic rings. The molecule has 0 spiro atoms. The van der Waals surface area contributed by atoms with E-state index in [9.17, 15) is 4.79 Å². The molecule has 0 aliphatic heterocycles. The first kappa shape index (κ1) is 12.4. The van der Waals surface area contributed by atoms with Gasteiger partial charge in [0.25, 0.3) is 0 Å². The third-order valence-electron chi connectivity index (χ3n) is 3.06. The fourth-order valence-electron chi connectivity index (χ4n) is 1.96. The molecule has 0 aliphatic carbocycles. The van der Waals surface area contributed by atoms with E-state index in [4.69, 9.17) is 5.11 Å². The zero-order chi connectivity index (χ0) is 13.3. The second kappa shape index (κ2) is 4.33. The summed E-state index contributed by atoms with van der Waals surface area (Å²) in [7, 11) is 0. The summed E-state index contributed by atoms with van der Waals surface area (Å²) in [5, 5.41) is 11.1. The molecule has 96 valence electrons. The Morgan fingerprint density at radius 1 is 1.50 bits per heavy atom. The number of H-pyrrole nitrogens is 1. The van der Waals surface area contributed by atoms with Crippen molar-refractivity contribution in [1.29, 1.82) is 0 Å². The highest BCUT2D eigenvalue weighted by Crippen LogP contribution is 2.25. The minimum atomic E-state index is -0.999. The van der Waals surface area contributed by atoms with Crippen LogP contribution in [0.5, 0.6) is 0 Å². The Bertz CT molecular complexity index is 587. The lowest BCUT2D eigenvalue weighted by atomic mass is 9.84. The fraction of sp³-hybridized carbons (Fsp3) is 0.385. The van der Waals surface area contributed by atoms with E-state index in [1.54, 1.807) is 0 Å². The van der Waals surface area contributed by atoms with Crippen LogP contribution in [0.3, 0.4) is 0 Å². The number of nitrogens with zero attached hydrogens (tertiary/aromatic N) is 1. The molecule has 0 saturated heterocycles. The van der Waals surface area contributed by atoms with Gasteiger partial charge in [-0.1, -0.05) is 19.9 Å². The Hall–Kier alpha value is -2.04. The van der Waals surface area contributed by atoms with Crippen LogP contribution in [0.2, 0.25) is 0 Å². The van der Waals surface area contributed by atoms with Gasteiger partial charge in [-0.25, -0.2) is 9.78 Å². The topological polar surface area (TPSA) is 78.0 Å².